The fraction of sp³-hybridized carbons (Fsp3) is 0.536. The van der Waals surface area contributed by atoms with Gasteiger partial charge >= 0.3 is 0 Å². The number of fused-ring (bicyclic) bond motifs is 5. The Balaban J connectivity index is 1.51. The molecule has 5 rings (SSSR count). The molecular weight excluding hydrogens is 430 g/mol. The summed E-state index contributed by atoms with van der Waals surface area (Å²) in [4.78, 5) is 3.91. The van der Waals surface area contributed by atoms with Crippen molar-refractivity contribution in [1.82, 2.24) is 0 Å². The Morgan fingerprint density at radius 3 is 2.58 bits per heavy atom. The number of allylic oxidation sites excluding steroid dienone is 5. The highest BCUT2D eigenvalue weighted by Gasteiger charge is 2.55. The van der Waals surface area contributed by atoms with Crippen molar-refractivity contribution in [3.05, 3.63) is 75.3 Å². The molecule has 0 heterocycles. The van der Waals surface area contributed by atoms with E-state index in [4.69, 9.17) is 11.3 Å². The van der Waals surface area contributed by atoms with E-state index >= 15 is 0 Å². The third-order valence-electron chi connectivity index (χ3n) is 9.08. The molecule has 2 saturated carbocycles. The van der Waals surface area contributed by atoms with E-state index in [1.165, 1.54) is 5.57 Å². The average molecular weight is 464 g/mol. The molecule has 33 heavy (non-hydrogen) atoms. The van der Waals surface area contributed by atoms with Crippen LogP contribution in [0.15, 0.2) is 63.2 Å². The molecule has 174 valence electrons. The van der Waals surface area contributed by atoms with Gasteiger partial charge in [0.1, 0.15) is 0 Å². The van der Waals surface area contributed by atoms with E-state index in [0.29, 0.717) is 23.7 Å². The van der Waals surface area contributed by atoms with Gasteiger partial charge in [0.05, 0.1) is 24.3 Å². The third kappa shape index (κ3) is 3.49. The van der Waals surface area contributed by atoms with Crippen LogP contribution in [0.4, 0.5) is 0 Å². The van der Waals surface area contributed by atoms with Crippen LogP contribution in [-0.2, 0) is 14.6 Å². The van der Waals surface area contributed by atoms with Gasteiger partial charge in [0.25, 0.3) is 5.03 Å². The molecule has 2 fully saturated rings. The first-order valence-corrected chi connectivity index (χ1v) is 13.7. The Kier molecular flexibility index (Phi) is 5.56. The molecule has 0 N–H and O–H groups in total. The lowest BCUT2D eigenvalue weighted by molar-refractivity contribution is 0.0285. The highest BCUT2D eigenvalue weighted by atomic mass is 32.2. The lowest BCUT2D eigenvalue weighted by atomic mass is 9.53. The number of hydrogen-bond acceptors (Lipinski definition) is 3. The maximum atomic E-state index is 13.5. The SMILES string of the molecule is [C-]#[N+]C(=C1CC[C@H]2[C@@H]3CC=C4C=C(OC)CC[C@@H]4[C@H]3CC[C@]12C)S(=O)(=O)c1ccc(C)cc1. The highest BCUT2D eigenvalue weighted by molar-refractivity contribution is 7.95. The summed E-state index contributed by atoms with van der Waals surface area (Å²) in [6.07, 6.45) is 11.7. The van der Waals surface area contributed by atoms with Crippen LogP contribution in [0.3, 0.4) is 0 Å². The quantitative estimate of drug-likeness (QED) is 0.474. The molecule has 0 radical (unpaired) electrons. The number of ether oxygens (including phenoxy) is 1. The molecule has 1 aromatic carbocycles. The van der Waals surface area contributed by atoms with Crippen molar-refractivity contribution < 1.29 is 13.2 Å². The smallest absolute Gasteiger partial charge is 0.282 e. The van der Waals surface area contributed by atoms with E-state index in [0.717, 1.165) is 61.8 Å². The van der Waals surface area contributed by atoms with Crippen molar-refractivity contribution >= 4 is 9.84 Å². The largest absolute Gasteiger partial charge is 0.501 e. The lowest BCUT2D eigenvalue weighted by Gasteiger charge is -2.52. The number of hydrogen-bond donors (Lipinski definition) is 0. The summed E-state index contributed by atoms with van der Waals surface area (Å²) in [5, 5.41) is -0.00724. The van der Waals surface area contributed by atoms with Gasteiger partial charge in [0, 0.05) is 6.42 Å². The van der Waals surface area contributed by atoms with E-state index in [1.807, 2.05) is 19.1 Å². The number of methoxy groups -OCH3 is 1. The van der Waals surface area contributed by atoms with Crippen LogP contribution in [0.25, 0.3) is 4.85 Å². The molecule has 0 aliphatic heterocycles. The van der Waals surface area contributed by atoms with E-state index < -0.39 is 9.84 Å². The van der Waals surface area contributed by atoms with Gasteiger partial charge in [0.15, 0.2) is 0 Å². The predicted octanol–water partition coefficient (Wildman–Crippen LogP) is 6.61. The minimum absolute atomic E-state index is 0.00724. The van der Waals surface area contributed by atoms with Gasteiger partial charge in [0.2, 0.25) is 9.84 Å². The molecule has 4 nitrogen and oxygen atoms in total. The van der Waals surface area contributed by atoms with E-state index in [1.54, 1.807) is 19.2 Å². The summed E-state index contributed by atoms with van der Waals surface area (Å²) < 4.78 is 32.5. The molecule has 0 unspecified atom stereocenters. The maximum absolute atomic E-state index is 13.5. The zero-order valence-corrected chi connectivity index (χ0v) is 20.6. The zero-order valence-electron chi connectivity index (χ0n) is 19.8. The molecule has 0 spiro atoms. The first kappa shape index (κ1) is 22.5. The Bertz CT molecular complexity index is 1200. The van der Waals surface area contributed by atoms with Gasteiger partial charge in [-0.15, -0.1) is 0 Å². The second-order valence-electron chi connectivity index (χ2n) is 10.5. The minimum atomic E-state index is -3.81. The standard InChI is InChI=1S/C28H33NO3S/c1-18-5-9-21(10-6-18)33(30,31)27(29-3)26-14-13-25-24-11-7-19-17-20(32-4)8-12-22(19)23(24)15-16-28(25,26)2/h5-7,9-10,17,22-25H,8,11-16H2,1-2,4H3/t22-,23+,24+,25-,28-/m0/s1. The number of nitrogens with zero attached hydrogens (tertiary/aromatic N) is 1. The molecule has 4 aliphatic rings. The number of sulfone groups is 1. The lowest BCUT2D eigenvalue weighted by Crippen LogP contribution is -2.44. The molecule has 5 heteroatoms. The Morgan fingerprint density at radius 2 is 1.88 bits per heavy atom. The molecular formula is C28H33NO3S. The van der Waals surface area contributed by atoms with Crippen LogP contribution < -0.4 is 0 Å². The molecule has 4 aliphatic carbocycles. The van der Waals surface area contributed by atoms with Gasteiger partial charge < -0.3 is 4.74 Å². The first-order chi connectivity index (χ1) is 15.8. The first-order valence-electron chi connectivity index (χ1n) is 12.2. The molecule has 0 aromatic heterocycles. The van der Waals surface area contributed by atoms with E-state index in [9.17, 15) is 8.42 Å². The predicted molar refractivity (Wildman–Crippen MR) is 130 cm³/mol. The van der Waals surface area contributed by atoms with Crippen LogP contribution in [-0.4, -0.2) is 15.5 Å². The fourth-order valence-electron chi connectivity index (χ4n) is 7.37. The maximum Gasteiger partial charge on any atom is 0.282 e. The summed E-state index contributed by atoms with van der Waals surface area (Å²) in [6.45, 7) is 12.0. The number of rotatable bonds is 3. The van der Waals surface area contributed by atoms with E-state index in [2.05, 4.69) is 23.9 Å². The van der Waals surface area contributed by atoms with Crippen molar-refractivity contribution in [3.63, 3.8) is 0 Å². The second kappa shape index (κ2) is 8.17. The normalized spacial score (nSPS) is 34.7. The van der Waals surface area contributed by atoms with Gasteiger partial charge in [-0.3, -0.25) is 0 Å². The topological polar surface area (TPSA) is 47.7 Å². The Hall–Kier alpha value is -2.32. The van der Waals surface area contributed by atoms with Crippen LogP contribution in [0.2, 0.25) is 0 Å². The van der Waals surface area contributed by atoms with Crippen molar-refractivity contribution in [2.45, 2.75) is 63.7 Å². The highest BCUT2D eigenvalue weighted by Crippen LogP contribution is 2.64. The van der Waals surface area contributed by atoms with Gasteiger partial charge in [-0.05, 0) is 104 Å². The van der Waals surface area contributed by atoms with Crippen LogP contribution in [0, 0.1) is 42.6 Å². The van der Waals surface area contributed by atoms with E-state index in [-0.39, 0.29) is 15.3 Å². The molecule has 0 amide bonds. The van der Waals surface area contributed by atoms with Crippen molar-refractivity contribution in [3.8, 4) is 0 Å². The summed E-state index contributed by atoms with van der Waals surface area (Å²) in [7, 11) is -2.05. The zero-order chi connectivity index (χ0) is 23.4. The van der Waals surface area contributed by atoms with Crippen molar-refractivity contribution in [1.29, 1.82) is 0 Å². The Morgan fingerprint density at radius 1 is 1.12 bits per heavy atom. The second-order valence-corrected chi connectivity index (χ2v) is 12.4. The van der Waals surface area contributed by atoms with Gasteiger partial charge in [-0.25, -0.2) is 13.3 Å². The fourth-order valence-corrected chi connectivity index (χ4v) is 8.87. The molecule has 1 aromatic rings. The van der Waals surface area contributed by atoms with Crippen LogP contribution in [0.5, 0.6) is 0 Å². The number of benzene rings is 1. The van der Waals surface area contributed by atoms with Crippen LogP contribution >= 0.6 is 0 Å². The van der Waals surface area contributed by atoms with Gasteiger partial charge in [-0.1, -0.05) is 30.7 Å². The number of aryl methyl sites for hydroxylation is 1. The van der Waals surface area contributed by atoms with Gasteiger partial charge in [-0.2, -0.15) is 0 Å². The summed E-state index contributed by atoms with van der Waals surface area (Å²) in [5.74, 6) is 3.35. The third-order valence-corrected chi connectivity index (χ3v) is 10.8. The summed E-state index contributed by atoms with van der Waals surface area (Å²) in [5.41, 5.74) is 3.14. The average Bonchev–Trinajstić information content (AvgIpc) is 3.16. The van der Waals surface area contributed by atoms with Crippen LogP contribution in [0.1, 0.15) is 57.4 Å². The monoisotopic (exact) mass is 463 g/mol. The molecule has 0 saturated heterocycles. The summed E-state index contributed by atoms with van der Waals surface area (Å²) in [6, 6.07) is 6.90. The molecule has 5 atom stereocenters. The van der Waals surface area contributed by atoms with Crippen molar-refractivity contribution in [2.75, 3.05) is 7.11 Å². The Labute approximate surface area is 198 Å². The minimum Gasteiger partial charge on any atom is -0.501 e. The van der Waals surface area contributed by atoms with Crippen molar-refractivity contribution in [2.24, 2.45) is 29.1 Å². The summed E-state index contributed by atoms with van der Waals surface area (Å²) >= 11 is 0. The molecule has 0 bridgehead atoms.